The Hall–Kier alpha value is -2.81. The molecule has 8 rings (SSSR count). The van der Waals surface area contributed by atoms with Gasteiger partial charge in [0, 0.05) is 36.0 Å². The van der Waals surface area contributed by atoms with Crippen molar-refractivity contribution in [2.45, 2.75) is 63.1 Å². The lowest BCUT2D eigenvalue weighted by Gasteiger charge is -2.62. The second-order valence-corrected chi connectivity index (χ2v) is 11.1. The molecule has 4 bridgehead atoms. The second-order valence-electron chi connectivity index (χ2n) is 11.1. The topological polar surface area (TPSA) is 66.4 Å². The van der Waals surface area contributed by atoms with Crippen LogP contribution in [0.5, 0.6) is 0 Å². The monoisotopic (exact) mass is 500 g/mol. The molecule has 2 N–H and O–H groups in total. The predicted molar refractivity (Wildman–Crippen MR) is 130 cm³/mol. The molecule has 4 heterocycles. The summed E-state index contributed by atoms with van der Waals surface area (Å²) in [4.78, 5) is 29.1. The van der Waals surface area contributed by atoms with Crippen molar-refractivity contribution < 1.29 is 18.0 Å². The number of hydrogen-bond acceptors (Lipinski definition) is 4. The zero-order chi connectivity index (χ0) is 25.2. The number of pyridine rings is 1. The van der Waals surface area contributed by atoms with E-state index in [1.54, 1.807) is 17.7 Å². The Balaban J connectivity index is 1.31. The van der Waals surface area contributed by atoms with Crippen molar-refractivity contribution >= 4 is 11.6 Å². The first-order valence-corrected chi connectivity index (χ1v) is 12.9. The Bertz CT molecular complexity index is 1240. The van der Waals surface area contributed by atoms with Crippen LogP contribution in [0.25, 0.3) is 0 Å². The fourth-order valence-corrected chi connectivity index (χ4v) is 6.68. The van der Waals surface area contributed by atoms with Crippen molar-refractivity contribution in [3.63, 3.8) is 0 Å². The van der Waals surface area contributed by atoms with Gasteiger partial charge in [-0.15, -0.1) is 0 Å². The van der Waals surface area contributed by atoms with E-state index in [2.05, 4.69) is 15.5 Å². The lowest BCUT2D eigenvalue weighted by atomic mass is 9.49. The van der Waals surface area contributed by atoms with Gasteiger partial charge in [-0.2, -0.15) is 0 Å². The van der Waals surface area contributed by atoms with Gasteiger partial charge in [-0.25, -0.2) is 13.2 Å². The molecule has 9 heteroatoms. The zero-order valence-corrected chi connectivity index (χ0v) is 20.3. The number of alkyl halides is 2. The van der Waals surface area contributed by atoms with E-state index in [1.807, 2.05) is 0 Å². The van der Waals surface area contributed by atoms with Crippen LogP contribution in [0.3, 0.4) is 0 Å². The molecule has 3 aliphatic carbocycles. The maximum Gasteiger partial charge on any atom is 0.266 e. The molecule has 1 amide bonds. The standard InChI is InChI=1S/C27H31F3N4O2/c1-15(18-3-2-4-19(24(18)28)25(29)30)31-26(36)20-13-34(27-10-16(11-27)12-27)23(35)9-21(20)32-22-14-33-7-5-17(22)6-8-33/h2-4,9,13,15-17,22,25,32H,5-8,10-12,14H2,1H3,(H,31,36)/t15-,16?,22-,27?/m1/s1. The SMILES string of the molecule is C[C@@H](NC(=O)c1cn(C23CC(C2)C3)c(=O)cc1N[C@@H]1CN2CCC1CC2)c1cccc(C(F)F)c1F. The first kappa shape index (κ1) is 23.6. The van der Waals surface area contributed by atoms with Gasteiger partial charge in [-0.05, 0) is 64.0 Å². The summed E-state index contributed by atoms with van der Waals surface area (Å²) in [6.45, 7) is 4.58. The van der Waals surface area contributed by atoms with Crippen LogP contribution >= 0.6 is 0 Å². The Morgan fingerprint density at radius 3 is 2.42 bits per heavy atom. The molecule has 6 nitrogen and oxygen atoms in total. The highest BCUT2D eigenvalue weighted by Gasteiger charge is 2.58. The molecular formula is C27H31F3N4O2. The van der Waals surface area contributed by atoms with Crippen LogP contribution in [0.15, 0.2) is 35.3 Å². The third-order valence-electron chi connectivity index (χ3n) is 8.92. The van der Waals surface area contributed by atoms with Gasteiger partial charge in [-0.1, -0.05) is 18.2 Å². The molecule has 6 fully saturated rings. The summed E-state index contributed by atoms with van der Waals surface area (Å²) in [6, 6.07) is 4.65. The number of hydrogen-bond donors (Lipinski definition) is 2. The number of benzene rings is 1. The fraction of sp³-hybridized carbons (Fsp3) is 0.556. The molecule has 3 saturated carbocycles. The predicted octanol–water partition coefficient (Wildman–Crippen LogP) is 4.43. The summed E-state index contributed by atoms with van der Waals surface area (Å²) in [5.41, 5.74) is -0.205. The first-order valence-electron chi connectivity index (χ1n) is 12.9. The maximum atomic E-state index is 14.7. The van der Waals surface area contributed by atoms with Gasteiger partial charge < -0.3 is 20.1 Å². The summed E-state index contributed by atoms with van der Waals surface area (Å²) < 4.78 is 42.8. The number of rotatable bonds is 7. The Morgan fingerprint density at radius 1 is 1.14 bits per heavy atom. The molecule has 3 aliphatic heterocycles. The molecule has 1 aromatic heterocycles. The van der Waals surface area contributed by atoms with E-state index in [-0.39, 0.29) is 22.7 Å². The van der Waals surface area contributed by atoms with Gasteiger partial charge in [0.1, 0.15) is 5.82 Å². The molecule has 2 aromatic rings. The van der Waals surface area contributed by atoms with Gasteiger partial charge in [0.25, 0.3) is 17.9 Å². The van der Waals surface area contributed by atoms with Crippen LogP contribution in [0.4, 0.5) is 18.9 Å². The van der Waals surface area contributed by atoms with Crippen molar-refractivity contribution in [2.24, 2.45) is 11.8 Å². The van der Waals surface area contributed by atoms with Gasteiger partial charge in [0.2, 0.25) is 0 Å². The molecule has 0 radical (unpaired) electrons. The number of carbonyl (C=O) groups excluding carboxylic acids is 1. The van der Waals surface area contributed by atoms with E-state index in [4.69, 9.17) is 0 Å². The number of fused-ring (bicyclic) bond motifs is 3. The Kier molecular flexibility index (Phi) is 5.66. The quantitative estimate of drug-likeness (QED) is 0.590. The van der Waals surface area contributed by atoms with E-state index >= 15 is 0 Å². The Labute approximate surface area is 207 Å². The van der Waals surface area contributed by atoms with Crippen LogP contribution in [0.1, 0.15) is 73.0 Å². The highest BCUT2D eigenvalue weighted by atomic mass is 19.3. The summed E-state index contributed by atoms with van der Waals surface area (Å²) >= 11 is 0. The molecule has 3 saturated heterocycles. The van der Waals surface area contributed by atoms with Crippen LogP contribution in [-0.2, 0) is 5.54 Å². The van der Waals surface area contributed by atoms with E-state index in [1.165, 1.54) is 18.2 Å². The minimum absolute atomic E-state index is 0.000734. The average molecular weight is 501 g/mol. The maximum absolute atomic E-state index is 14.7. The number of nitrogens with one attached hydrogen (secondary N) is 2. The van der Waals surface area contributed by atoms with Gasteiger partial charge in [0.05, 0.1) is 22.9 Å². The van der Waals surface area contributed by atoms with Crippen molar-refractivity contribution in [1.29, 1.82) is 0 Å². The minimum Gasteiger partial charge on any atom is -0.380 e. The van der Waals surface area contributed by atoms with Crippen molar-refractivity contribution in [1.82, 2.24) is 14.8 Å². The number of anilines is 1. The third kappa shape index (κ3) is 3.83. The number of aromatic nitrogens is 1. The second kappa shape index (κ2) is 8.64. The number of halogens is 3. The molecular weight excluding hydrogens is 469 g/mol. The largest absolute Gasteiger partial charge is 0.380 e. The van der Waals surface area contributed by atoms with Crippen molar-refractivity contribution in [2.75, 3.05) is 25.0 Å². The van der Waals surface area contributed by atoms with E-state index in [0.29, 0.717) is 23.1 Å². The van der Waals surface area contributed by atoms with E-state index < -0.39 is 29.8 Å². The molecule has 1 aromatic carbocycles. The molecule has 36 heavy (non-hydrogen) atoms. The Morgan fingerprint density at radius 2 is 1.83 bits per heavy atom. The van der Waals surface area contributed by atoms with Crippen LogP contribution in [-0.4, -0.2) is 41.1 Å². The van der Waals surface area contributed by atoms with Gasteiger partial charge in [-0.3, -0.25) is 9.59 Å². The average Bonchev–Trinajstić information content (AvgIpc) is 2.79. The smallest absolute Gasteiger partial charge is 0.266 e. The highest BCUT2D eigenvalue weighted by Crippen LogP contribution is 2.61. The van der Waals surface area contributed by atoms with E-state index in [9.17, 15) is 22.8 Å². The summed E-state index contributed by atoms with van der Waals surface area (Å²) in [5.74, 6) is -0.335. The molecule has 0 unspecified atom stereocenters. The lowest BCUT2D eigenvalue weighted by molar-refractivity contribution is -0.0914. The van der Waals surface area contributed by atoms with Crippen LogP contribution < -0.4 is 16.2 Å². The lowest BCUT2D eigenvalue weighted by Crippen LogP contribution is -2.62. The molecule has 192 valence electrons. The van der Waals surface area contributed by atoms with Crippen molar-refractivity contribution in [3.8, 4) is 0 Å². The normalized spacial score (nSPS) is 30.9. The summed E-state index contributed by atoms with van der Waals surface area (Å²) in [6.07, 6.45) is 3.71. The van der Waals surface area contributed by atoms with Crippen LogP contribution in [0.2, 0.25) is 0 Å². The molecule has 0 spiro atoms. The minimum atomic E-state index is -2.94. The van der Waals surface area contributed by atoms with Gasteiger partial charge >= 0.3 is 0 Å². The number of carbonyl (C=O) groups is 1. The van der Waals surface area contributed by atoms with Crippen molar-refractivity contribution in [3.05, 3.63) is 63.3 Å². The molecule has 2 atom stereocenters. The fourth-order valence-electron chi connectivity index (χ4n) is 6.68. The van der Waals surface area contributed by atoms with Crippen LogP contribution in [0, 0.1) is 17.7 Å². The molecule has 6 aliphatic rings. The number of amides is 1. The van der Waals surface area contributed by atoms with Gasteiger partial charge in [0.15, 0.2) is 0 Å². The summed E-state index contributed by atoms with van der Waals surface area (Å²) in [7, 11) is 0. The highest BCUT2D eigenvalue weighted by molar-refractivity contribution is 5.99. The van der Waals surface area contributed by atoms with E-state index in [0.717, 1.165) is 57.8 Å². The number of nitrogens with zero attached hydrogens (tertiary/aromatic N) is 2. The summed E-state index contributed by atoms with van der Waals surface area (Å²) in [5, 5.41) is 6.28. The first-order chi connectivity index (χ1) is 17.2. The number of piperidine rings is 3. The third-order valence-corrected chi connectivity index (χ3v) is 8.92. The zero-order valence-electron chi connectivity index (χ0n) is 20.3.